The molecule has 1 aromatic rings. The number of nitrogens with zero attached hydrogens (tertiary/aromatic N) is 2. The molecule has 1 aromatic heterocycles. The maximum Gasteiger partial charge on any atom is 0.130 e. The van der Waals surface area contributed by atoms with Gasteiger partial charge in [-0.1, -0.05) is 13.8 Å². The van der Waals surface area contributed by atoms with Crippen molar-refractivity contribution in [3.05, 3.63) is 18.2 Å². The number of hydrogen-bond donors (Lipinski definition) is 0. The Labute approximate surface area is 85.2 Å². The Bertz CT molecular complexity index is 304. The van der Waals surface area contributed by atoms with Crippen molar-refractivity contribution in [2.75, 3.05) is 0 Å². The van der Waals surface area contributed by atoms with Gasteiger partial charge in [-0.25, -0.2) is 4.98 Å². The van der Waals surface area contributed by atoms with Crippen LogP contribution in [-0.2, 0) is 11.3 Å². The first-order chi connectivity index (χ1) is 6.65. The molecule has 14 heavy (non-hydrogen) atoms. The summed E-state index contributed by atoms with van der Waals surface area (Å²) in [5, 5.41) is 0. The van der Waals surface area contributed by atoms with E-state index in [9.17, 15) is 4.79 Å². The number of ketones is 1. The highest BCUT2D eigenvalue weighted by molar-refractivity contribution is 5.76. The molecule has 1 heterocycles. The van der Waals surface area contributed by atoms with Crippen molar-refractivity contribution in [3.63, 3.8) is 0 Å². The van der Waals surface area contributed by atoms with Gasteiger partial charge in [-0.3, -0.25) is 0 Å². The zero-order valence-corrected chi connectivity index (χ0v) is 9.16. The van der Waals surface area contributed by atoms with Crippen LogP contribution in [0, 0.1) is 0 Å². The SMILES string of the molecule is CCCn1ccnc1C(C)CC(C)=O. The molecule has 0 aromatic carbocycles. The van der Waals surface area contributed by atoms with Crippen LogP contribution in [0.25, 0.3) is 0 Å². The molecule has 0 saturated heterocycles. The normalized spacial score (nSPS) is 12.8. The van der Waals surface area contributed by atoms with Crippen molar-refractivity contribution in [2.24, 2.45) is 0 Å². The van der Waals surface area contributed by atoms with Gasteiger partial charge in [0, 0.05) is 31.3 Å². The molecule has 0 aliphatic carbocycles. The van der Waals surface area contributed by atoms with E-state index in [0.717, 1.165) is 18.8 Å². The average molecular weight is 194 g/mol. The molecule has 1 atom stereocenters. The maximum atomic E-state index is 11.0. The molecule has 3 heteroatoms. The lowest BCUT2D eigenvalue weighted by Crippen LogP contribution is -2.09. The van der Waals surface area contributed by atoms with Crippen molar-refractivity contribution in [2.45, 2.75) is 46.1 Å². The molecule has 0 aliphatic heterocycles. The molecule has 78 valence electrons. The third kappa shape index (κ3) is 2.69. The van der Waals surface area contributed by atoms with Gasteiger partial charge in [0.2, 0.25) is 0 Å². The minimum atomic E-state index is 0.226. The summed E-state index contributed by atoms with van der Waals surface area (Å²) in [6.07, 6.45) is 5.47. The van der Waals surface area contributed by atoms with Gasteiger partial charge in [0.1, 0.15) is 11.6 Å². The van der Waals surface area contributed by atoms with Gasteiger partial charge in [0.05, 0.1) is 0 Å². The average Bonchev–Trinajstić information content (AvgIpc) is 2.51. The summed E-state index contributed by atoms with van der Waals surface area (Å²) >= 11 is 0. The first-order valence-corrected chi connectivity index (χ1v) is 5.15. The fourth-order valence-electron chi connectivity index (χ4n) is 1.70. The maximum absolute atomic E-state index is 11.0. The molecule has 0 fully saturated rings. The third-order valence-corrected chi connectivity index (χ3v) is 2.25. The van der Waals surface area contributed by atoms with Crippen LogP contribution >= 0.6 is 0 Å². The second-order valence-electron chi connectivity index (χ2n) is 3.79. The molecule has 0 saturated carbocycles. The standard InChI is InChI=1S/C11H18N2O/c1-4-6-13-7-5-12-11(13)9(2)8-10(3)14/h5,7,9H,4,6,8H2,1-3H3. The first kappa shape index (κ1) is 11.0. The van der Waals surface area contributed by atoms with Gasteiger partial charge >= 0.3 is 0 Å². The Morgan fingerprint density at radius 2 is 2.36 bits per heavy atom. The number of aryl methyl sites for hydroxylation is 1. The van der Waals surface area contributed by atoms with Crippen molar-refractivity contribution < 1.29 is 4.79 Å². The van der Waals surface area contributed by atoms with Crippen LogP contribution in [0.2, 0.25) is 0 Å². The Morgan fingerprint density at radius 1 is 1.64 bits per heavy atom. The summed E-state index contributed by atoms with van der Waals surface area (Å²) in [6, 6.07) is 0. The largest absolute Gasteiger partial charge is 0.335 e. The number of imidazole rings is 1. The van der Waals surface area contributed by atoms with E-state index in [2.05, 4.69) is 23.4 Å². The summed E-state index contributed by atoms with van der Waals surface area (Å²) in [5.41, 5.74) is 0. The van der Waals surface area contributed by atoms with E-state index in [1.807, 2.05) is 12.4 Å². The quantitative estimate of drug-likeness (QED) is 0.721. The highest BCUT2D eigenvalue weighted by atomic mass is 16.1. The molecule has 0 amide bonds. The Morgan fingerprint density at radius 3 is 2.93 bits per heavy atom. The van der Waals surface area contributed by atoms with Gasteiger partial charge in [-0.2, -0.15) is 0 Å². The van der Waals surface area contributed by atoms with Gasteiger partial charge in [-0.05, 0) is 13.3 Å². The zero-order valence-electron chi connectivity index (χ0n) is 9.16. The predicted octanol–water partition coefficient (Wildman–Crippen LogP) is 2.38. The predicted molar refractivity (Wildman–Crippen MR) is 56.2 cm³/mol. The zero-order chi connectivity index (χ0) is 10.6. The summed E-state index contributed by atoms with van der Waals surface area (Å²) in [5.74, 6) is 1.49. The first-order valence-electron chi connectivity index (χ1n) is 5.15. The number of rotatable bonds is 5. The lowest BCUT2D eigenvalue weighted by Gasteiger charge is -2.11. The minimum absolute atomic E-state index is 0.226. The molecular weight excluding hydrogens is 176 g/mol. The number of Topliss-reactive ketones (excluding diaryl/α,β-unsaturated/α-hetero) is 1. The monoisotopic (exact) mass is 194 g/mol. The van der Waals surface area contributed by atoms with Crippen molar-refractivity contribution in [1.82, 2.24) is 9.55 Å². The van der Waals surface area contributed by atoms with Crippen molar-refractivity contribution in [1.29, 1.82) is 0 Å². The van der Waals surface area contributed by atoms with E-state index < -0.39 is 0 Å². The second kappa shape index (κ2) is 4.94. The lowest BCUT2D eigenvalue weighted by atomic mass is 10.0. The van der Waals surface area contributed by atoms with E-state index in [1.165, 1.54) is 0 Å². The van der Waals surface area contributed by atoms with E-state index in [4.69, 9.17) is 0 Å². The summed E-state index contributed by atoms with van der Waals surface area (Å²) in [4.78, 5) is 15.3. The molecule has 0 aliphatic rings. The topological polar surface area (TPSA) is 34.9 Å². The van der Waals surface area contributed by atoms with Crippen LogP contribution in [-0.4, -0.2) is 15.3 Å². The molecule has 1 unspecified atom stereocenters. The van der Waals surface area contributed by atoms with E-state index in [0.29, 0.717) is 6.42 Å². The molecule has 1 rings (SSSR count). The molecule has 0 bridgehead atoms. The van der Waals surface area contributed by atoms with Gasteiger partial charge in [0.25, 0.3) is 0 Å². The smallest absolute Gasteiger partial charge is 0.130 e. The van der Waals surface area contributed by atoms with Crippen LogP contribution in [0.5, 0.6) is 0 Å². The molecule has 3 nitrogen and oxygen atoms in total. The molecule has 0 N–H and O–H groups in total. The number of hydrogen-bond acceptors (Lipinski definition) is 2. The van der Waals surface area contributed by atoms with Crippen LogP contribution in [0.4, 0.5) is 0 Å². The second-order valence-corrected chi connectivity index (χ2v) is 3.79. The number of carbonyl (C=O) groups is 1. The summed E-state index contributed by atoms with van der Waals surface area (Å²) < 4.78 is 2.13. The minimum Gasteiger partial charge on any atom is -0.335 e. The summed E-state index contributed by atoms with van der Waals surface area (Å²) in [7, 11) is 0. The van der Waals surface area contributed by atoms with Gasteiger partial charge in [0.15, 0.2) is 0 Å². The number of aromatic nitrogens is 2. The fourth-order valence-corrected chi connectivity index (χ4v) is 1.70. The van der Waals surface area contributed by atoms with Gasteiger partial charge < -0.3 is 9.36 Å². The molecule has 0 radical (unpaired) electrons. The lowest BCUT2D eigenvalue weighted by molar-refractivity contribution is -0.117. The van der Waals surface area contributed by atoms with E-state index in [-0.39, 0.29) is 11.7 Å². The van der Waals surface area contributed by atoms with Crippen LogP contribution < -0.4 is 0 Å². The number of carbonyl (C=O) groups excluding carboxylic acids is 1. The summed E-state index contributed by atoms with van der Waals surface area (Å²) in [6.45, 7) is 6.80. The van der Waals surface area contributed by atoms with E-state index >= 15 is 0 Å². The Balaban J connectivity index is 2.72. The van der Waals surface area contributed by atoms with Gasteiger partial charge in [-0.15, -0.1) is 0 Å². The van der Waals surface area contributed by atoms with Crippen molar-refractivity contribution >= 4 is 5.78 Å². The Hall–Kier alpha value is -1.12. The van der Waals surface area contributed by atoms with Crippen LogP contribution in [0.3, 0.4) is 0 Å². The van der Waals surface area contributed by atoms with Crippen LogP contribution in [0.1, 0.15) is 45.4 Å². The highest BCUT2D eigenvalue weighted by Gasteiger charge is 2.13. The van der Waals surface area contributed by atoms with Crippen LogP contribution in [0.15, 0.2) is 12.4 Å². The Kier molecular flexibility index (Phi) is 3.86. The molecule has 0 spiro atoms. The van der Waals surface area contributed by atoms with Crippen molar-refractivity contribution in [3.8, 4) is 0 Å². The molecular formula is C11H18N2O. The highest BCUT2D eigenvalue weighted by Crippen LogP contribution is 2.17. The third-order valence-electron chi connectivity index (χ3n) is 2.25. The van der Waals surface area contributed by atoms with E-state index in [1.54, 1.807) is 6.92 Å². The fraction of sp³-hybridized carbons (Fsp3) is 0.636.